The van der Waals surface area contributed by atoms with E-state index in [0.29, 0.717) is 5.75 Å². The van der Waals surface area contributed by atoms with E-state index < -0.39 is 0 Å². The first-order valence-electron chi connectivity index (χ1n) is 6.97. The van der Waals surface area contributed by atoms with Crippen LogP contribution < -0.4 is 10.1 Å². The average Bonchev–Trinajstić information content (AvgIpc) is 2.46. The van der Waals surface area contributed by atoms with Gasteiger partial charge in [0, 0.05) is 6.54 Å². The van der Waals surface area contributed by atoms with Crippen LogP contribution in [-0.2, 0) is 9.53 Å². The number of carbonyl (C=O) groups excluding carboxylic acids is 1. The summed E-state index contributed by atoms with van der Waals surface area (Å²) in [6.07, 6.45) is 3.14. The average molecular weight is 275 g/mol. The summed E-state index contributed by atoms with van der Waals surface area (Å²) in [4.78, 5) is 11.4. The Labute approximate surface area is 119 Å². The predicted octanol–water partition coefficient (Wildman–Crippen LogP) is 2.39. The highest BCUT2D eigenvalue weighted by atomic mass is 16.6. The van der Waals surface area contributed by atoms with E-state index in [2.05, 4.69) is 11.4 Å². The molecule has 20 heavy (non-hydrogen) atoms. The molecule has 108 valence electrons. The number of carbonyl (C=O) groups is 1. The fourth-order valence-electron chi connectivity index (χ4n) is 2.09. The molecule has 0 saturated carbocycles. The summed E-state index contributed by atoms with van der Waals surface area (Å²) in [6, 6.07) is 7.84. The van der Waals surface area contributed by atoms with Gasteiger partial charge in [0.15, 0.2) is 6.61 Å². The smallest absolute Gasteiger partial charge is 0.344 e. The molecule has 0 aliphatic carbocycles. The lowest BCUT2D eigenvalue weighted by Crippen LogP contribution is -2.20. The zero-order valence-electron chi connectivity index (χ0n) is 12.0. The number of esters is 1. The van der Waals surface area contributed by atoms with Crippen LogP contribution in [0.2, 0.25) is 0 Å². The molecular formula is C16H21NO3. The van der Waals surface area contributed by atoms with E-state index in [4.69, 9.17) is 9.47 Å². The Morgan fingerprint density at radius 3 is 2.65 bits per heavy atom. The van der Waals surface area contributed by atoms with Gasteiger partial charge in [-0.3, -0.25) is 0 Å². The molecule has 0 spiro atoms. The van der Waals surface area contributed by atoms with Gasteiger partial charge in [-0.15, -0.1) is 0 Å². The van der Waals surface area contributed by atoms with Crippen molar-refractivity contribution in [3.8, 4) is 5.75 Å². The zero-order chi connectivity index (χ0) is 14.4. The normalized spacial score (nSPS) is 14.8. The molecule has 1 aliphatic rings. The van der Waals surface area contributed by atoms with Crippen LogP contribution in [0.3, 0.4) is 0 Å². The molecule has 0 bridgehead atoms. The van der Waals surface area contributed by atoms with E-state index in [9.17, 15) is 4.79 Å². The highest BCUT2D eigenvalue weighted by Crippen LogP contribution is 2.22. The summed E-state index contributed by atoms with van der Waals surface area (Å²) < 4.78 is 10.4. The molecule has 0 atom stereocenters. The van der Waals surface area contributed by atoms with Crippen LogP contribution in [0, 0.1) is 0 Å². The van der Waals surface area contributed by atoms with Gasteiger partial charge in [-0.2, -0.15) is 0 Å². The van der Waals surface area contributed by atoms with Crippen LogP contribution in [0.25, 0.3) is 5.57 Å². The second-order valence-corrected chi connectivity index (χ2v) is 5.04. The number of hydrogen-bond donors (Lipinski definition) is 1. The van der Waals surface area contributed by atoms with E-state index in [-0.39, 0.29) is 18.7 Å². The van der Waals surface area contributed by atoms with Crippen molar-refractivity contribution in [2.75, 3.05) is 19.7 Å². The van der Waals surface area contributed by atoms with Crippen molar-refractivity contribution >= 4 is 11.5 Å². The molecule has 1 N–H and O–H groups in total. The highest BCUT2D eigenvalue weighted by molar-refractivity contribution is 5.71. The Balaban J connectivity index is 1.88. The summed E-state index contributed by atoms with van der Waals surface area (Å²) in [7, 11) is 0. The number of nitrogens with one attached hydrogen (secondary N) is 1. The summed E-state index contributed by atoms with van der Waals surface area (Å²) in [5, 5.41) is 3.29. The number of rotatable bonds is 5. The van der Waals surface area contributed by atoms with E-state index in [1.165, 1.54) is 11.1 Å². The Bertz CT molecular complexity index is 477. The van der Waals surface area contributed by atoms with Crippen LogP contribution in [0.5, 0.6) is 5.75 Å². The van der Waals surface area contributed by atoms with E-state index in [1.54, 1.807) is 0 Å². The van der Waals surface area contributed by atoms with E-state index >= 15 is 0 Å². The van der Waals surface area contributed by atoms with Crippen LogP contribution in [0.1, 0.15) is 25.8 Å². The minimum Gasteiger partial charge on any atom is -0.482 e. The first-order chi connectivity index (χ1) is 9.65. The fraction of sp³-hybridized carbons (Fsp3) is 0.438. The van der Waals surface area contributed by atoms with E-state index in [1.807, 2.05) is 38.1 Å². The minimum atomic E-state index is -0.342. The van der Waals surface area contributed by atoms with Crippen LogP contribution in [0.15, 0.2) is 30.3 Å². The molecule has 0 amide bonds. The first-order valence-corrected chi connectivity index (χ1v) is 6.97. The van der Waals surface area contributed by atoms with Crippen LogP contribution in [-0.4, -0.2) is 31.8 Å². The van der Waals surface area contributed by atoms with E-state index in [0.717, 1.165) is 19.5 Å². The third-order valence-electron chi connectivity index (χ3n) is 3.01. The van der Waals surface area contributed by atoms with Crippen LogP contribution in [0.4, 0.5) is 0 Å². The molecular weight excluding hydrogens is 254 g/mol. The topological polar surface area (TPSA) is 47.6 Å². The lowest BCUT2D eigenvalue weighted by molar-refractivity contribution is -0.149. The Kier molecular flexibility index (Phi) is 5.18. The van der Waals surface area contributed by atoms with Gasteiger partial charge in [-0.25, -0.2) is 4.79 Å². The fourth-order valence-corrected chi connectivity index (χ4v) is 2.09. The molecule has 0 aromatic heterocycles. The van der Waals surface area contributed by atoms with Gasteiger partial charge < -0.3 is 14.8 Å². The molecule has 0 fully saturated rings. The molecule has 0 radical (unpaired) electrons. The molecule has 1 aromatic rings. The summed E-state index contributed by atoms with van der Waals surface area (Å²) in [5.74, 6) is 0.342. The number of hydrogen-bond acceptors (Lipinski definition) is 4. The second kappa shape index (κ2) is 7.10. The highest BCUT2D eigenvalue weighted by Gasteiger charge is 2.08. The molecule has 1 aromatic carbocycles. The Hall–Kier alpha value is -1.81. The van der Waals surface area contributed by atoms with Crippen molar-refractivity contribution < 1.29 is 14.3 Å². The molecule has 0 unspecified atom stereocenters. The first kappa shape index (κ1) is 14.6. The Morgan fingerprint density at radius 2 is 2.05 bits per heavy atom. The molecule has 1 heterocycles. The maximum Gasteiger partial charge on any atom is 0.344 e. The molecule has 4 nitrogen and oxygen atoms in total. The van der Waals surface area contributed by atoms with Gasteiger partial charge in [0.25, 0.3) is 0 Å². The predicted molar refractivity (Wildman–Crippen MR) is 78.6 cm³/mol. The third kappa shape index (κ3) is 4.38. The number of benzene rings is 1. The monoisotopic (exact) mass is 275 g/mol. The third-order valence-corrected chi connectivity index (χ3v) is 3.01. The number of ether oxygens (including phenoxy) is 2. The lowest BCUT2D eigenvalue weighted by atomic mass is 10.0. The zero-order valence-corrected chi connectivity index (χ0v) is 12.0. The van der Waals surface area contributed by atoms with Gasteiger partial charge in [0.1, 0.15) is 5.75 Å². The van der Waals surface area contributed by atoms with Gasteiger partial charge in [0.05, 0.1) is 6.10 Å². The van der Waals surface area contributed by atoms with Gasteiger partial charge in [0.2, 0.25) is 0 Å². The van der Waals surface area contributed by atoms with Crippen molar-refractivity contribution in [1.82, 2.24) is 5.32 Å². The Morgan fingerprint density at radius 1 is 1.30 bits per heavy atom. The standard InChI is InChI=1S/C16H21NO3/c1-12(2)20-16(18)11-19-15-5-3-13(4-6-15)14-7-9-17-10-8-14/h3-7,12,17H,8-11H2,1-2H3. The van der Waals surface area contributed by atoms with Crippen molar-refractivity contribution in [1.29, 1.82) is 0 Å². The largest absolute Gasteiger partial charge is 0.482 e. The van der Waals surface area contributed by atoms with Gasteiger partial charge in [-0.1, -0.05) is 18.2 Å². The van der Waals surface area contributed by atoms with Crippen molar-refractivity contribution in [2.24, 2.45) is 0 Å². The van der Waals surface area contributed by atoms with Crippen molar-refractivity contribution in [2.45, 2.75) is 26.4 Å². The summed E-state index contributed by atoms with van der Waals surface area (Å²) >= 11 is 0. The van der Waals surface area contributed by atoms with Gasteiger partial charge in [-0.05, 0) is 50.1 Å². The maximum atomic E-state index is 11.4. The second-order valence-electron chi connectivity index (χ2n) is 5.04. The maximum absolute atomic E-state index is 11.4. The molecule has 1 aliphatic heterocycles. The lowest BCUT2D eigenvalue weighted by Gasteiger charge is -2.14. The molecule has 0 saturated heterocycles. The summed E-state index contributed by atoms with van der Waals surface area (Å²) in [6.45, 7) is 5.53. The minimum absolute atomic E-state index is 0.0514. The van der Waals surface area contributed by atoms with Gasteiger partial charge >= 0.3 is 5.97 Å². The summed E-state index contributed by atoms with van der Waals surface area (Å²) in [5.41, 5.74) is 2.57. The van der Waals surface area contributed by atoms with Crippen LogP contribution >= 0.6 is 0 Å². The molecule has 2 rings (SSSR count). The van der Waals surface area contributed by atoms with Crippen molar-refractivity contribution in [3.63, 3.8) is 0 Å². The van der Waals surface area contributed by atoms with Crippen molar-refractivity contribution in [3.05, 3.63) is 35.9 Å². The quantitative estimate of drug-likeness (QED) is 0.838. The SMILES string of the molecule is CC(C)OC(=O)COc1ccc(C2=CCNCC2)cc1. The molecule has 4 heteroatoms.